The molecule has 9 heteroatoms. The Bertz CT molecular complexity index is 635. The first-order chi connectivity index (χ1) is 10.4. The average molecular weight is 328 g/mol. The van der Waals surface area contributed by atoms with Crippen molar-refractivity contribution >= 4 is 21.7 Å². The van der Waals surface area contributed by atoms with Crippen LogP contribution >= 0.6 is 0 Å². The smallest absolute Gasteiger partial charge is 0.323 e. The largest absolute Gasteiger partial charge is 0.481 e. The number of methoxy groups -OCH3 is 1. The minimum Gasteiger partial charge on any atom is -0.481 e. The molecule has 0 spiro atoms. The molecule has 1 aliphatic heterocycles. The Labute approximate surface area is 129 Å². The van der Waals surface area contributed by atoms with Gasteiger partial charge in [0.1, 0.15) is 22.0 Å². The summed E-state index contributed by atoms with van der Waals surface area (Å²) in [5.74, 6) is 0.707. The lowest BCUT2D eigenvalue weighted by Gasteiger charge is -2.20. The van der Waals surface area contributed by atoms with E-state index in [1.165, 1.54) is 25.8 Å². The number of nitrogens with zero attached hydrogens (tertiary/aromatic N) is 3. The summed E-state index contributed by atoms with van der Waals surface area (Å²) in [6.07, 6.45) is 4.26. The van der Waals surface area contributed by atoms with Crippen LogP contribution in [0.1, 0.15) is 19.3 Å². The van der Waals surface area contributed by atoms with E-state index in [1.54, 1.807) is 4.90 Å². The molecule has 0 radical (unpaired) electrons. The van der Waals surface area contributed by atoms with Gasteiger partial charge in [0.05, 0.1) is 12.4 Å². The number of sulfone groups is 1. The van der Waals surface area contributed by atoms with Gasteiger partial charge in [-0.05, 0) is 19.3 Å². The first-order valence-corrected chi connectivity index (χ1v) is 8.96. The van der Waals surface area contributed by atoms with E-state index in [4.69, 9.17) is 4.74 Å². The Kier molecular flexibility index (Phi) is 5.17. The number of likely N-dealkylation sites (tertiary alicyclic amines) is 1. The number of urea groups is 1. The molecule has 22 heavy (non-hydrogen) atoms. The van der Waals surface area contributed by atoms with Crippen molar-refractivity contribution < 1.29 is 17.9 Å². The van der Waals surface area contributed by atoms with Gasteiger partial charge in [-0.25, -0.2) is 23.2 Å². The van der Waals surface area contributed by atoms with Crippen LogP contribution in [0.5, 0.6) is 5.88 Å². The number of amides is 2. The summed E-state index contributed by atoms with van der Waals surface area (Å²) in [6.45, 7) is 0.936. The molecular weight excluding hydrogens is 308 g/mol. The summed E-state index contributed by atoms with van der Waals surface area (Å²) in [5, 5.41) is 2.30. The van der Waals surface area contributed by atoms with Crippen LogP contribution in [-0.4, -0.2) is 61.0 Å². The second-order valence-corrected chi connectivity index (χ2v) is 7.57. The van der Waals surface area contributed by atoms with E-state index in [9.17, 15) is 13.2 Å². The summed E-state index contributed by atoms with van der Waals surface area (Å²) < 4.78 is 28.2. The average Bonchev–Trinajstić information content (AvgIpc) is 2.73. The Morgan fingerprint density at radius 3 is 2.82 bits per heavy atom. The van der Waals surface area contributed by atoms with Gasteiger partial charge in [0.25, 0.3) is 0 Å². The molecule has 2 heterocycles. The van der Waals surface area contributed by atoms with Crippen LogP contribution in [0.15, 0.2) is 12.4 Å². The highest BCUT2D eigenvalue weighted by Crippen LogP contribution is 2.18. The molecule has 1 N–H and O–H groups in total. The van der Waals surface area contributed by atoms with Gasteiger partial charge in [0.15, 0.2) is 0 Å². The molecule has 2 rings (SSSR count). The molecule has 0 aromatic carbocycles. The first-order valence-electron chi connectivity index (χ1n) is 7.01. The minimum absolute atomic E-state index is 0.296. The van der Waals surface area contributed by atoms with E-state index >= 15 is 0 Å². The zero-order valence-electron chi connectivity index (χ0n) is 12.7. The van der Waals surface area contributed by atoms with Crippen LogP contribution < -0.4 is 10.1 Å². The highest BCUT2D eigenvalue weighted by molar-refractivity contribution is 7.91. The molecule has 122 valence electrons. The maximum absolute atomic E-state index is 12.2. The van der Waals surface area contributed by atoms with Crippen molar-refractivity contribution in [1.82, 2.24) is 14.9 Å². The standard InChI is InChI=1S/C13H20N4O4S/c1-21-12-8-11(14-9-15-12)16-13(18)17-6-3-4-10(5-7-17)22(2,19)20/h8-10H,3-7H2,1-2H3,(H,14,15,16,18). The number of nitrogens with one attached hydrogen (secondary N) is 1. The van der Waals surface area contributed by atoms with Gasteiger partial charge in [-0.15, -0.1) is 0 Å². The molecular formula is C13H20N4O4S. The molecule has 1 unspecified atom stereocenters. The van der Waals surface area contributed by atoms with E-state index in [-0.39, 0.29) is 11.3 Å². The molecule has 0 bridgehead atoms. The third kappa shape index (κ3) is 4.30. The SMILES string of the molecule is COc1cc(NC(=O)N2CCCC(S(C)(=O)=O)CC2)ncn1. The highest BCUT2D eigenvalue weighted by atomic mass is 32.2. The maximum Gasteiger partial charge on any atom is 0.323 e. The quantitative estimate of drug-likeness (QED) is 0.885. The predicted molar refractivity (Wildman–Crippen MR) is 81.7 cm³/mol. The molecule has 1 saturated heterocycles. The zero-order chi connectivity index (χ0) is 16.2. The number of carbonyl (C=O) groups excluding carboxylic acids is 1. The second-order valence-electron chi connectivity index (χ2n) is 5.25. The van der Waals surface area contributed by atoms with Crippen LogP contribution in [0.25, 0.3) is 0 Å². The van der Waals surface area contributed by atoms with Gasteiger partial charge in [-0.3, -0.25) is 5.32 Å². The van der Waals surface area contributed by atoms with Gasteiger partial charge in [-0.1, -0.05) is 0 Å². The van der Waals surface area contributed by atoms with Crippen molar-refractivity contribution in [2.45, 2.75) is 24.5 Å². The van der Waals surface area contributed by atoms with Gasteiger partial charge in [0, 0.05) is 25.4 Å². The highest BCUT2D eigenvalue weighted by Gasteiger charge is 2.26. The lowest BCUT2D eigenvalue weighted by atomic mass is 10.2. The first kappa shape index (κ1) is 16.5. The molecule has 1 aromatic rings. The van der Waals surface area contributed by atoms with Crippen molar-refractivity contribution in [3.8, 4) is 5.88 Å². The Morgan fingerprint density at radius 1 is 1.36 bits per heavy atom. The predicted octanol–water partition coefficient (Wildman–Crippen LogP) is 0.916. The van der Waals surface area contributed by atoms with E-state index < -0.39 is 9.84 Å². The molecule has 0 saturated carbocycles. The molecule has 1 fully saturated rings. The number of rotatable bonds is 3. The molecule has 8 nitrogen and oxygen atoms in total. The third-order valence-electron chi connectivity index (χ3n) is 3.65. The van der Waals surface area contributed by atoms with Crippen LogP contribution in [0.3, 0.4) is 0 Å². The topological polar surface area (TPSA) is 101 Å². The minimum atomic E-state index is -3.06. The van der Waals surface area contributed by atoms with E-state index in [1.807, 2.05) is 0 Å². The van der Waals surface area contributed by atoms with Crippen LogP contribution in [0.2, 0.25) is 0 Å². The van der Waals surface area contributed by atoms with Crippen LogP contribution in [0, 0.1) is 0 Å². The number of hydrogen-bond acceptors (Lipinski definition) is 6. The Hall–Kier alpha value is -1.90. The van der Waals surface area contributed by atoms with Crippen LogP contribution in [-0.2, 0) is 9.84 Å². The van der Waals surface area contributed by atoms with Crippen molar-refractivity contribution in [3.63, 3.8) is 0 Å². The number of aromatic nitrogens is 2. The molecule has 2 amide bonds. The fraction of sp³-hybridized carbons (Fsp3) is 0.615. The van der Waals surface area contributed by atoms with Crippen molar-refractivity contribution in [2.75, 3.05) is 31.8 Å². The Balaban J connectivity index is 1.98. The maximum atomic E-state index is 12.2. The lowest BCUT2D eigenvalue weighted by Crippen LogP contribution is -2.36. The molecule has 1 atom stereocenters. The van der Waals surface area contributed by atoms with E-state index in [2.05, 4.69) is 15.3 Å². The number of ether oxygens (including phenoxy) is 1. The third-order valence-corrected chi connectivity index (χ3v) is 5.34. The summed E-state index contributed by atoms with van der Waals surface area (Å²) in [5.41, 5.74) is 0. The number of anilines is 1. The zero-order valence-corrected chi connectivity index (χ0v) is 13.5. The van der Waals surface area contributed by atoms with Crippen LogP contribution in [0.4, 0.5) is 10.6 Å². The lowest BCUT2D eigenvalue weighted by molar-refractivity contribution is 0.213. The van der Waals surface area contributed by atoms with Gasteiger partial charge in [0.2, 0.25) is 5.88 Å². The van der Waals surface area contributed by atoms with Crippen molar-refractivity contribution in [3.05, 3.63) is 12.4 Å². The monoisotopic (exact) mass is 328 g/mol. The summed E-state index contributed by atoms with van der Waals surface area (Å²) in [6, 6.07) is 1.23. The normalized spacial score (nSPS) is 19.4. The van der Waals surface area contributed by atoms with Crippen molar-refractivity contribution in [2.24, 2.45) is 0 Å². The number of hydrogen-bond donors (Lipinski definition) is 1. The van der Waals surface area contributed by atoms with Gasteiger partial charge >= 0.3 is 6.03 Å². The van der Waals surface area contributed by atoms with Crippen molar-refractivity contribution in [1.29, 1.82) is 0 Å². The second kappa shape index (κ2) is 6.91. The summed E-state index contributed by atoms with van der Waals surface area (Å²) in [4.78, 5) is 21.7. The Morgan fingerprint density at radius 2 is 2.14 bits per heavy atom. The fourth-order valence-corrected chi connectivity index (χ4v) is 3.53. The van der Waals surface area contributed by atoms with Gasteiger partial charge in [-0.2, -0.15) is 0 Å². The molecule has 0 aliphatic carbocycles. The molecule has 1 aliphatic rings. The summed E-state index contributed by atoms with van der Waals surface area (Å²) in [7, 11) is -1.58. The summed E-state index contributed by atoms with van der Waals surface area (Å²) >= 11 is 0. The number of carbonyl (C=O) groups is 1. The van der Waals surface area contributed by atoms with E-state index in [0.29, 0.717) is 44.0 Å². The fourth-order valence-electron chi connectivity index (χ4n) is 2.41. The van der Waals surface area contributed by atoms with E-state index in [0.717, 1.165) is 0 Å². The van der Waals surface area contributed by atoms with Gasteiger partial charge < -0.3 is 9.64 Å². The molecule has 1 aromatic heterocycles.